The lowest BCUT2D eigenvalue weighted by Gasteiger charge is -2.37. The number of ether oxygens (including phenoxy) is 1. The second-order valence-electron chi connectivity index (χ2n) is 12.3. The highest BCUT2D eigenvalue weighted by atomic mass is 19.4. The smallest absolute Gasteiger partial charge is 0.386 e. The van der Waals surface area contributed by atoms with E-state index < -0.39 is 48.4 Å². The molecule has 2 unspecified atom stereocenters. The van der Waals surface area contributed by atoms with Gasteiger partial charge in [0.1, 0.15) is 6.04 Å². The number of halogens is 3. The van der Waals surface area contributed by atoms with Gasteiger partial charge in [-0.25, -0.2) is 4.79 Å². The summed E-state index contributed by atoms with van der Waals surface area (Å²) in [5, 5.41) is 10.1. The Morgan fingerprint density at radius 1 is 0.846 bits per heavy atom. The second-order valence-corrected chi connectivity index (χ2v) is 12.3. The third-order valence-corrected chi connectivity index (χ3v) is 8.67. The first-order valence-electron chi connectivity index (χ1n) is 16.7. The van der Waals surface area contributed by atoms with Crippen LogP contribution in [0.5, 0.6) is 0 Å². The van der Waals surface area contributed by atoms with Gasteiger partial charge in [0.25, 0.3) is 11.8 Å². The molecule has 0 radical (unpaired) electrons. The number of nitrogens with one attached hydrogen (secondary N) is 2. The molecular weight excluding hydrogens is 675 g/mol. The molecule has 1 aliphatic rings. The molecule has 0 saturated carbocycles. The Balaban J connectivity index is 1.63. The zero-order valence-corrected chi connectivity index (χ0v) is 28.1. The van der Waals surface area contributed by atoms with Crippen LogP contribution in [-0.2, 0) is 32.1 Å². The number of alkyl halides is 3. The van der Waals surface area contributed by atoms with Crippen molar-refractivity contribution < 1.29 is 37.1 Å². The maximum absolute atomic E-state index is 15.1. The number of guanidine groups is 1. The average molecular weight is 714 g/mol. The number of benzene rings is 4. The van der Waals surface area contributed by atoms with E-state index in [0.717, 1.165) is 30.4 Å². The van der Waals surface area contributed by atoms with Gasteiger partial charge in [-0.15, -0.1) is 0 Å². The van der Waals surface area contributed by atoms with Gasteiger partial charge in [-0.05, 0) is 53.6 Å². The topological polar surface area (TPSA) is 146 Å². The lowest BCUT2D eigenvalue weighted by atomic mass is 9.95. The molecule has 2 amide bonds. The molecule has 4 aromatic carbocycles. The first kappa shape index (κ1) is 37.3. The Morgan fingerprint density at radius 3 is 2.12 bits per heavy atom. The second kappa shape index (κ2) is 16.8. The fourth-order valence-corrected chi connectivity index (χ4v) is 6.24. The van der Waals surface area contributed by atoms with Gasteiger partial charge in [-0.2, -0.15) is 13.2 Å². The number of carbonyl (C=O) groups is 4. The monoisotopic (exact) mass is 713 g/mol. The number of anilines is 1. The highest BCUT2D eigenvalue weighted by molar-refractivity contribution is 6.11. The molecule has 2 atom stereocenters. The highest BCUT2D eigenvalue weighted by Crippen LogP contribution is 2.42. The van der Waals surface area contributed by atoms with Crippen LogP contribution in [0.1, 0.15) is 70.4 Å². The zero-order chi connectivity index (χ0) is 37.3. The van der Waals surface area contributed by atoms with Crippen LogP contribution >= 0.6 is 0 Å². The molecule has 10 nitrogen and oxygen atoms in total. The van der Waals surface area contributed by atoms with Crippen molar-refractivity contribution in [3.8, 4) is 0 Å². The zero-order valence-electron chi connectivity index (χ0n) is 28.1. The lowest BCUT2D eigenvalue weighted by Crippen LogP contribution is -2.45. The van der Waals surface area contributed by atoms with Crippen LogP contribution in [0.4, 0.5) is 18.9 Å². The minimum atomic E-state index is -5.42. The molecule has 270 valence electrons. The first-order chi connectivity index (χ1) is 24.9. The average Bonchev–Trinajstić information content (AvgIpc) is 3.21. The van der Waals surface area contributed by atoms with Crippen molar-refractivity contribution in [3.05, 3.63) is 137 Å². The fraction of sp³-hybridized carbons (Fsp3) is 0.256. The summed E-state index contributed by atoms with van der Waals surface area (Å²) in [7, 11) is 0. The third kappa shape index (κ3) is 9.22. The molecule has 0 aromatic heterocycles. The maximum atomic E-state index is 15.1. The van der Waals surface area contributed by atoms with Crippen molar-refractivity contribution in [2.75, 3.05) is 11.4 Å². The molecule has 1 aliphatic heterocycles. The van der Waals surface area contributed by atoms with Gasteiger partial charge in [0, 0.05) is 6.54 Å². The SMILES string of the molecule is N=C(N)NCCCCCc1ccc2c(c1)C(=O)N(C(CC(=O)OC(=O)C(F)(F)F)c1ccccc1)C(c1ccccc1)C(=O)N2Cc1ccccc1. The molecule has 0 aliphatic carbocycles. The van der Waals surface area contributed by atoms with Gasteiger partial charge >= 0.3 is 18.1 Å². The van der Waals surface area contributed by atoms with E-state index in [0.29, 0.717) is 29.8 Å². The maximum Gasteiger partial charge on any atom is 0.491 e. The number of nitrogens with zero attached hydrogens (tertiary/aromatic N) is 2. The van der Waals surface area contributed by atoms with Crippen LogP contribution in [0.25, 0.3) is 0 Å². The number of aryl methyl sites for hydroxylation is 1. The molecular formula is C39H38F3N5O5. The van der Waals surface area contributed by atoms with Gasteiger partial charge in [-0.1, -0.05) is 103 Å². The van der Waals surface area contributed by atoms with Crippen molar-refractivity contribution >= 4 is 35.4 Å². The first-order valence-corrected chi connectivity index (χ1v) is 16.7. The van der Waals surface area contributed by atoms with Gasteiger partial charge < -0.3 is 25.6 Å². The Bertz CT molecular complexity index is 1890. The van der Waals surface area contributed by atoms with Crippen LogP contribution in [0.2, 0.25) is 0 Å². The number of esters is 2. The summed E-state index contributed by atoms with van der Waals surface area (Å²) >= 11 is 0. The standard InChI is InChI=1S/C39H38F3N5O5/c40-39(41,42)37(51)52-33(48)24-32(28-16-8-2-9-17-28)47-34(29-18-10-3-11-19-29)36(50)46(25-27-14-5-1-6-15-27)31-21-20-26(23-30(31)35(47)49)13-7-4-12-22-45-38(43)44/h1-3,5-6,8-11,14-21,23,32,34H,4,7,12-13,22,24-25H2,(H4,43,44,45). The summed E-state index contributed by atoms with van der Waals surface area (Å²) in [6, 6.07) is 28.5. The van der Waals surface area contributed by atoms with E-state index in [4.69, 9.17) is 11.1 Å². The number of carbonyl (C=O) groups excluding carboxylic acids is 4. The number of hydrogen-bond donors (Lipinski definition) is 3. The van der Waals surface area contributed by atoms with Crippen molar-refractivity contribution in [1.29, 1.82) is 5.41 Å². The van der Waals surface area contributed by atoms with E-state index in [1.54, 1.807) is 72.8 Å². The van der Waals surface area contributed by atoms with Crippen molar-refractivity contribution in [2.45, 2.75) is 56.9 Å². The molecule has 0 fully saturated rings. The summed E-state index contributed by atoms with van der Waals surface area (Å²) in [5.41, 5.74) is 8.20. The Labute approximate surface area is 298 Å². The fourth-order valence-electron chi connectivity index (χ4n) is 6.24. The van der Waals surface area contributed by atoms with Crippen LogP contribution in [0.15, 0.2) is 109 Å². The van der Waals surface area contributed by atoms with Crippen LogP contribution in [-0.4, -0.2) is 47.3 Å². The molecule has 4 N–H and O–H groups in total. The number of hydrogen-bond acceptors (Lipinski definition) is 6. The Morgan fingerprint density at radius 2 is 1.48 bits per heavy atom. The summed E-state index contributed by atoms with van der Waals surface area (Å²) in [6.45, 7) is 0.639. The summed E-state index contributed by atoms with van der Waals surface area (Å²) in [5.74, 6) is -5.44. The molecule has 13 heteroatoms. The molecule has 52 heavy (non-hydrogen) atoms. The summed E-state index contributed by atoms with van der Waals surface area (Å²) < 4.78 is 43.6. The molecule has 0 bridgehead atoms. The number of fused-ring (bicyclic) bond motifs is 1. The van der Waals surface area contributed by atoms with E-state index in [-0.39, 0.29) is 18.1 Å². The predicted octanol–water partition coefficient (Wildman–Crippen LogP) is 6.38. The molecule has 1 heterocycles. The number of nitrogens with two attached hydrogens (primary N) is 1. The molecule has 0 saturated heterocycles. The number of amides is 2. The minimum absolute atomic E-state index is 0.0950. The summed E-state index contributed by atoms with van der Waals surface area (Å²) in [4.78, 5) is 57.6. The molecule has 5 rings (SSSR count). The minimum Gasteiger partial charge on any atom is -0.386 e. The van der Waals surface area contributed by atoms with E-state index in [1.807, 2.05) is 36.4 Å². The lowest BCUT2D eigenvalue weighted by molar-refractivity contribution is -0.202. The normalized spacial score (nSPS) is 15.0. The van der Waals surface area contributed by atoms with Crippen LogP contribution in [0, 0.1) is 5.41 Å². The largest absolute Gasteiger partial charge is 0.491 e. The molecule has 4 aromatic rings. The van der Waals surface area contributed by atoms with Crippen LogP contribution in [0.3, 0.4) is 0 Å². The van der Waals surface area contributed by atoms with Crippen molar-refractivity contribution in [1.82, 2.24) is 10.2 Å². The number of unbranched alkanes of at least 4 members (excludes halogenated alkanes) is 2. The Hall–Kier alpha value is -5.98. The van der Waals surface area contributed by atoms with Crippen LogP contribution < -0.4 is 16.0 Å². The molecule has 0 spiro atoms. The quantitative estimate of drug-likeness (QED) is 0.0480. The van der Waals surface area contributed by atoms with E-state index in [1.165, 1.54) is 9.80 Å². The van der Waals surface area contributed by atoms with Crippen molar-refractivity contribution in [3.63, 3.8) is 0 Å². The van der Waals surface area contributed by atoms with Crippen molar-refractivity contribution in [2.24, 2.45) is 5.73 Å². The van der Waals surface area contributed by atoms with Gasteiger partial charge in [0.15, 0.2) is 5.96 Å². The Kier molecular flexibility index (Phi) is 12.1. The van der Waals surface area contributed by atoms with E-state index >= 15 is 4.79 Å². The predicted molar refractivity (Wildman–Crippen MR) is 188 cm³/mol. The van der Waals surface area contributed by atoms with E-state index in [2.05, 4.69) is 10.1 Å². The highest BCUT2D eigenvalue weighted by Gasteiger charge is 2.46. The van der Waals surface area contributed by atoms with Gasteiger partial charge in [-0.3, -0.25) is 19.8 Å². The summed E-state index contributed by atoms with van der Waals surface area (Å²) in [6.07, 6.45) is -3.36. The third-order valence-electron chi connectivity index (χ3n) is 8.67. The number of rotatable bonds is 13. The van der Waals surface area contributed by atoms with Gasteiger partial charge in [0.2, 0.25) is 0 Å². The van der Waals surface area contributed by atoms with E-state index in [9.17, 15) is 27.6 Å². The van der Waals surface area contributed by atoms with Gasteiger partial charge in [0.05, 0.1) is 30.3 Å².